The minimum Gasteiger partial charge on any atom is -0.379 e. The fraction of sp³-hybridized carbons (Fsp3) is 0.296. The van der Waals surface area contributed by atoms with Gasteiger partial charge in [-0.3, -0.25) is 9.58 Å². The van der Waals surface area contributed by atoms with Crippen LogP contribution in [0.25, 0.3) is 33.1 Å². The summed E-state index contributed by atoms with van der Waals surface area (Å²) >= 11 is 6.71. The van der Waals surface area contributed by atoms with Crippen LogP contribution in [0.2, 0.25) is 5.02 Å². The highest BCUT2D eigenvalue weighted by molar-refractivity contribution is 7.90. The molecule has 1 aliphatic rings. The molecule has 39 heavy (non-hydrogen) atoms. The number of nitrogens with one attached hydrogen (secondary N) is 1. The molecule has 202 valence electrons. The molecule has 1 fully saturated rings. The molecule has 2 aromatic carbocycles. The largest absolute Gasteiger partial charge is 0.379 e. The maximum atomic E-state index is 12.7. The van der Waals surface area contributed by atoms with Crippen LogP contribution in [0.5, 0.6) is 0 Å². The van der Waals surface area contributed by atoms with Crippen molar-refractivity contribution >= 4 is 55.1 Å². The zero-order valence-corrected chi connectivity index (χ0v) is 23.0. The van der Waals surface area contributed by atoms with E-state index >= 15 is 0 Å². The topological polar surface area (TPSA) is 107 Å². The lowest BCUT2D eigenvalue weighted by atomic mass is 10.1. The summed E-state index contributed by atoms with van der Waals surface area (Å²) in [4.78, 5) is 11.4. The summed E-state index contributed by atoms with van der Waals surface area (Å²) in [5.41, 5.74) is 3.55. The third kappa shape index (κ3) is 5.10. The molecular formula is C27H28ClN7O3S. The van der Waals surface area contributed by atoms with Crippen LogP contribution in [0.1, 0.15) is 6.92 Å². The molecule has 0 aliphatic carbocycles. The first kappa shape index (κ1) is 25.8. The lowest BCUT2D eigenvalue weighted by Gasteiger charge is -2.26. The normalized spacial score (nSPS) is 14.8. The lowest BCUT2D eigenvalue weighted by Crippen LogP contribution is -2.38. The summed E-state index contributed by atoms with van der Waals surface area (Å²) in [7, 11) is -3.48. The van der Waals surface area contributed by atoms with Gasteiger partial charge in [-0.1, -0.05) is 29.8 Å². The van der Waals surface area contributed by atoms with Crippen molar-refractivity contribution in [1.29, 1.82) is 0 Å². The quantitative estimate of drug-likeness (QED) is 0.295. The molecule has 0 spiro atoms. The maximum absolute atomic E-state index is 12.7. The van der Waals surface area contributed by atoms with Gasteiger partial charge in [-0.25, -0.2) is 22.4 Å². The van der Waals surface area contributed by atoms with Crippen molar-refractivity contribution < 1.29 is 13.2 Å². The molecule has 0 amide bonds. The van der Waals surface area contributed by atoms with Crippen LogP contribution >= 0.6 is 11.6 Å². The van der Waals surface area contributed by atoms with Gasteiger partial charge in [-0.2, -0.15) is 5.10 Å². The molecule has 4 heterocycles. The molecule has 0 radical (unpaired) electrons. The van der Waals surface area contributed by atoms with Crippen molar-refractivity contribution in [3.8, 4) is 11.3 Å². The number of halogens is 1. The standard InChI is InChI=1S/C27H28ClN7O3S/c1-2-39(36,37)35-18-22(21-5-3-4-6-25(21)35)24-7-8-29-27(32-24)31-20-15-19-17-30-34(26(19)23(28)16-20)10-9-33-11-13-38-14-12-33/h3-8,15-18H,2,9-14H2,1H3,(H,29,31,32). The van der Waals surface area contributed by atoms with Gasteiger partial charge < -0.3 is 10.1 Å². The molecule has 10 nitrogen and oxygen atoms in total. The van der Waals surface area contributed by atoms with E-state index < -0.39 is 10.0 Å². The number of aromatic nitrogens is 5. The highest BCUT2D eigenvalue weighted by Crippen LogP contribution is 2.32. The number of fused-ring (bicyclic) bond motifs is 2. The van der Waals surface area contributed by atoms with Gasteiger partial charge in [0.05, 0.1) is 53.5 Å². The van der Waals surface area contributed by atoms with Crippen LogP contribution in [0, 0.1) is 0 Å². The Hall–Kier alpha value is -3.51. The van der Waals surface area contributed by atoms with Gasteiger partial charge in [0.1, 0.15) is 0 Å². The van der Waals surface area contributed by atoms with Crippen molar-refractivity contribution in [1.82, 2.24) is 28.6 Å². The molecule has 1 aliphatic heterocycles. The van der Waals surface area contributed by atoms with Gasteiger partial charge in [0.2, 0.25) is 16.0 Å². The first-order valence-corrected chi connectivity index (χ1v) is 14.8. The second kappa shape index (κ2) is 10.6. The number of hydrogen-bond donors (Lipinski definition) is 1. The third-order valence-electron chi connectivity index (χ3n) is 6.95. The predicted molar refractivity (Wildman–Crippen MR) is 153 cm³/mol. The molecule has 12 heteroatoms. The number of para-hydroxylation sites is 1. The zero-order valence-electron chi connectivity index (χ0n) is 21.4. The summed E-state index contributed by atoms with van der Waals surface area (Å²) < 4.78 is 34.1. The number of ether oxygens (including phenoxy) is 1. The number of anilines is 2. The summed E-state index contributed by atoms with van der Waals surface area (Å²) in [6, 6.07) is 13.0. The molecule has 0 bridgehead atoms. The van der Waals surface area contributed by atoms with E-state index in [0.29, 0.717) is 27.7 Å². The molecule has 0 unspecified atom stereocenters. The van der Waals surface area contributed by atoms with E-state index in [0.717, 1.165) is 61.4 Å². The SMILES string of the molecule is CCS(=O)(=O)n1cc(-c2ccnc(Nc3cc(Cl)c4c(cnn4CCN4CCOCC4)c3)n2)c2ccccc21. The first-order valence-electron chi connectivity index (χ1n) is 12.8. The Bertz CT molecular complexity index is 1760. The van der Waals surface area contributed by atoms with Crippen LogP contribution in [0.4, 0.5) is 11.6 Å². The number of hydrogen-bond acceptors (Lipinski definition) is 8. The van der Waals surface area contributed by atoms with Crippen molar-refractivity contribution in [3.05, 3.63) is 66.1 Å². The second-order valence-electron chi connectivity index (χ2n) is 9.36. The monoisotopic (exact) mass is 565 g/mol. The summed E-state index contributed by atoms with van der Waals surface area (Å²) in [6.45, 7) is 6.63. The Morgan fingerprint density at radius 3 is 2.74 bits per heavy atom. The minimum atomic E-state index is -3.48. The smallest absolute Gasteiger partial charge is 0.238 e. The Labute approximate surface area is 231 Å². The van der Waals surface area contributed by atoms with Crippen LogP contribution in [0.3, 0.4) is 0 Å². The summed E-state index contributed by atoms with van der Waals surface area (Å²) in [6.07, 6.45) is 5.09. The predicted octanol–water partition coefficient (Wildman–Crippen LogP) is 4.38. The molecule has 0 atom stereocenters. The zero-order chi connectivity index (χ0) is 27.0. The van der Waals surface area contributed by atoms with Gasteiger partial charge in [-0.15, -0.1) is 0 Å². The van der Waals surface area contributed by atoms with Crippen LogP contribution in [-0.2, 0) is 21.3 Å². The van der Waals surface area contributed by atoms with Crippen molar-refractivity contribution in [3.63, 3.8) is 0 Å². The molecule has 0 saturated carbocycles. The molecular weight excluding hydrogens is 538 g/mol. The molecule has 3 aromatic heterocycles. The van der Waals surface area contributed by atoms with Gasteiger partial charge >= 0.3 is 0 Å². The number of benzene rings is 2. The number of rotatable bonds is 8. The van der Waals surface area contributed by atoms with E-state index in [-0.39, 0.29) is 5.75 Å². The van der Waals surface area contributed by atoms with Crippen LogP contribution in [-0.4, -0.2) is 75.6 Å². The number of morpholine rings is 1. The minimum absolute atomic E-state index is 0.00523. The fourth-order valence-corrected chi connectivity index (χ4v) is 6.23. The van der Waals surface area contributed by atoms with Crippen molar-refractivity contribution in [2.24, 2.45) is 0 Å². The lowest BCUT2D eigenvalue weighted by molar-refractivity contribution is 0.0361. The van der Waals surface area contributed by atoms with E-state index in [2.05, 4.69) is 20.3 Å². The molecule has 1 saturated heterocycles. The van der Waals surface area contributed by atoms with Gasteiger partial charge in [0.25, 0.3) is 0 Å². The van der Waals surface area contributed by atoms with E-state index in [9.17, 15) is 8.42 Å². The highest BCUT2D eigenvalue weighted by atomic mass is 35.5. The van der Waals surface area contributed by atoms with Gasteiger partial charge in [0, 0.05) is 54.1 Å². The Morgan fingerprint density at radius 1 is 1.10 bits per heavy atom. The van der Waals surface area contributed by atoms with E-state index in [1.807, 2.05) is 41.2 Å². The van der Waals surface area contributed by atoms with E-state index in [1.54, 1.807) is 31.5 Å². The van der Waals surface area contributed by atoms with Crippen molar-refractivity contribution in [2.75, 3.05) is 43.9 Å². The first-order chi connectivity index (χ1) is 18.9. The van der Waals surface area contributed by atoms with Gasteiger partial charge in [-0.05, 0) is 31.2 Å². The summed E-state index contributed by atoms with van der Waals surface area (Å²) in [5.74, 6) is 0.368. The average Bonchev–Trinajstić information content (AvgIpc) is 3.55. The number of nitrogens with zero attached hydrogens (tertiary/aromatic N) is 6. The second-order valence-corrected chi connectivity index (χ2v) is 11.9. The van der Waals surface area contributed by atoms with Crippen LogP contribution in [0.15, 0.2) is 61.1 Å². The van der Waals surface area contributed by atoms with Crippen molar-refractivity contribution in [2.45, 2.75) is 13.5 Å². The Kier molecular flexibility index (Phi) is 6.98. The third-order valence-corrected chi connectivity index (χ3v) is 8.87. The average molecular weight is 566 g/mol. The molecule has 1 N–H and O–H groups in total. The van der Waals surface area contributed by atoms with E-state index in [1.165, 1.54) is 3.97 Å². The van der Waals surface area contributed by atoms with E-state index in [4.69, 9.17) is 21.3 Å². The Morgan fingerprint density at radius 2 is 1.92 bits per heavy atom. The Balaban J connectivity index is 1.27. The van der Waals surface area contributed by atoms with Gasteiger partial charge in [0.15, 0.2) is 0 Å². The molecule has 5 aromatic rings. The summed E-state index contributed by atoms with van der Waals surface area (Å²) in [5, 5.41) is 10.1. The highest BCUT2D eigenvalue weighted by Gasteiger charge is 2.19. The van der Waals surface area contributed by atoms with Crippen LogP contribution < -0.4 is 5.32 Å². The molecule has 6 rings (SSSR count). The fourth-order valence-electron chi connectivity index (χ4n) is 4.90. The maximum Gasteiger partial charge on any atom is 0.238 e.